The Labute approximate surface area is 145 Å². The van der Waals surface area contributed by atoms with E-state index in [9.17, 15) is 0 Å². The highest BCUT2D eigenvalue weighted by molar-refractivity contribution is 6.08. The summed E-state index contributed by atoms with van der Waals surface area (Å²) in [7, 11) is 0. The molecule has 0 saturated heterocycles. The van der Waals surface area contributed by atoms with Gasteiger partial charge in [-0.05, 0) is 45.2 Å². The molecule has 0 radical (unpaired) electrons. The third-order valence-corrected chi connectivity index (χ3v) is 3.91. The Morgan fingerprint density at radius 2 is 1.62 bits per heavy atom. The van der Waals surface area contributed by atoms with E-state index in [1.807, 2.05) is 19.9 Å². The molecule has 3 aromatic rings. The number of fused-ring (bicyclic) bond motifs is 3. The fourth-order valence-corrected chi connectivity index (χ4v) is 2.81. The van der Waals surface area contributed by atoms with Gasteiger partial charge in [-0.2, -0.15) is 0 Å². The van der Waals surface area contributed by atoms with Crippen molar-refractivity contribution in [2.24, 2.45) is 0 Å². The van der Waals surface area contributed by atoms with Gasteiger partial charge in [-0.3, -0.25) is 0 Å². The highest BCUT2D eigenvalue weighted by atomic mass is 14.1. The van der Waals surface area contributed by atoms with Crippen LogP contribution in [-0.2, 0) is 0 Å². The van der Waals surface area contributed by atoms with Crippen LogP contribution in [0.2, 0.25) is 0 Å². The van der Waals surface area contributed by atoms with E-state index < -0.39 is 0 Å². The van der Waals surface area contributed by atoms with Crippen LogP contribution in [-0.4, -0.2) is 0 Å². The molecule has 0 unspecified atom stereocenters. The van der Waals surface area contributed by atoms with Gasteiger partial charge < -0.3 is 0 Å². The van der Waals surface area contributed by atoms with Crippen molar-refractivity contribution in [3.05, 3.63) is 91.0 Å². The third kappa shape index (κ3) is 3.83. The first-order valence-corrected chi connectivity index (χ1v) is 8.74. The standard InChI is InChI=1S/C22H20.C2H6/c1-3-5-9-17(8-4-2)19-14-15-22-20(16-19)13-12-18-10-6-7-11-21(18)22;1-2/h4-16H,2-3H2,1H3;1-2H3/b9-5-,17-8+;. The molecule has 0 N–H and O–H groups in total. The molecule has 3 aromatic carbocycles. The maximum absolute atomic E-state index is 3.83. The van der Waals surface area contributed by atoms with Crippen LogP contribution in [0, 0.1) is 0 Å². The van der Waals surface area contributed by atoms with Crippen molar-refractivity contribution in [3.63, 3.8) is 0 Å². The molecule has 0 nitrogen and oxygen atoms in total. The summed E-state index contributed by atoms with van der Waals surface area (Å²) in [5, 5.41) is 5.18. The number of hydrogen-bond donors (Lipinski definition) is 0. The molecule has 0 spiro atoms. The van der Waals surface area contributed by atoms with Gasteiger partial charge in [0, 0.05) is 0 Å². The molecule has 0 atom stereocenters. The lowest BCUT2D eigenvalue weighted by Gasteiger charge is -2.07. The molecule has 0 fully saturated rings. The van der Waals surface area contributed by atoms with Gasteiger partial charge in [-0.15, -0.1) is 0 Å². The summed E-state index contributed by atoms with van der Waals surface area (Å²) < 4.78 is 0. The lowest BCUT2D eigenvalue weighted by atomic mass is 9.97. The maximum Gasteiger partial charge on any atom is -0.0105 e. The van der Waals surface area contributed by atoms with Crippen LogP contribution in [0.15, 0.2) is 85.5 Å². The van der Waals surface area contributed by atoms with E-state index in [0.29, 0.717) is 0 Å². The second-order valence-corrected chi connectivity index (χ2v) is 5.39. The molecule has 122 valence electrons. The number of rotatable bonds is 4. The zero-order valence-electron chi connectivity index (χ0n) is 14.9. The minimum Gasteiger partial charge on any atom is -0.0990 e. The Morgan fingerprint density at radius 3 is 2.38 bits per heavy atom. The molecule has 0 aliphatic rings. The number of benzene rings is 3. The predicted octanol–water partition coefficient (Wildman–Crippen LogP) is 7.55. The van der Waals surface area contributed by atoms with Gasteiger partial charge in [0.25, 0.3) is 0 Å². The van der Waals surface area contributed by atoms with Crippen molar-refractivity contribution < 1.29 is 0 Å². The lowest BCUT2D eigenvalue weighted by Crippen LogP contribution is -1.83. The minimum atomic E-state index is 1.03. The first kappa shape index (κ1) is 17.7. The fourth-order valence-electron chi connectivity index (χ4n) is 2.81. The molecule has 24 heavy (non-hydrogen) atoms. The lowest BCUT2D eigenvalue weighted by molar-refractivity contribution is 1.22. The van der Waals surface area contributed by atoms with Crippen LogP contribution >= 0.6 is 0 Å². The second kappa shape index (κ2) is 8.88. The molecule has 0 saturated carbocycles. The molecule has 0 aliphatic carbocycles. The van der Waals surface area contributed by atoms with Crippen molar-refractivity contribution in [1.82, 2.24) is 0 Å². The first-order valence-electron chi connectivity index (χ1n) is 8.74. The summed E-state index contributed by atoms with van der Waals surface area (Å²) in [4.78, 5) is 0. The van der Waals surface area contributed by atoms with Gasteiger partial charge in [0.2, 0.25) is 0 Å². The molecule has 0 bridgehead atoms. The predicted molar refractivity (Wildman–Crippen MR) is 110 cm³/mol. The van der Waals surface area contributed by atoms with Crippen LogP contribution in [0.3, 0.4) is 0 Å². The summed E-state index contributed by atoms with van der Waals surface area (Å²) in [5.41, 5.74) is 2.43. The van der Waals surface area contributed by atoms with Gasteiger partial charge in [0.15, 0.2) is 0 Å². The quantitative estimate of drug-likeness (QED) is 0.344. The largest absolute Gasteiger partial charge is 0.0990 e. The van der Waals surface area contributed by atoms with Crippen LogP contribution in [0.25, 0.3) is 27.1 Å². The Balaban J connectivity index is 0.00000100. The highest BCUT2D eigenvalue weighted by Crippen LogP contribution is 2.28. The maximum atomic E-state index is 3.83. The first-order chi connectivity index (χ1) is 11.8. The van der Waals surface area contributed by atoms with E-state index in [2.05, 4.69) is 86.3 Å². The van der Waals surface area contributed by atoms with Crippen molar-refractivity contribution in [1.29, 1.82) is 0 Å². The summed E-state index contributed by atoms with van der Waals surface area (Å²) in [6.07, 6.45) is 9.30. The Morgan fingerprint density at radius 1 is 0.917 bits per heavy atom. The highest BCUT2D eigenvalue weighted by Gasteiger charge is 2.03. The normalized spacial score (nSPS) is 11.5. The summed E-state index contributed by atoms with van der Waals surface area (Å²) in [6.45, 7) is 9.97. The number of hydrogen-bond acceptors (Lipinski definition) is 0. The number of allylic oxidation sites excluding steroid dienone is 5. The minimum absolute atomic E-state index is 1.03. The Kier molecular flexibility index (Phi) is 6.57. The summed E-state index contributed by atoms with van der Waals surface area (Å²) in [5.74, 6) is 0. The van der Waals surface area contributed by atoms with Gasteiger partial charge in [-0.1, -0.05) is 100 Å². The van der Waals surface area contributed by atoms with Gasteiger partial charge in [0.05, 0.1) is 0 Å². The van der Waals surface area contributed by atoms with Crippen molar-refractivity contribution in [3.8, 4) is 0 Å². The summed E-state index contributed by atoms with van der Waals surface area (Å²) in [6, 6.07) is 19.6. The average molecular weight is 314 g/mol. The van der Waals surface area contributed by atoms with Crippen molar-refractivity contribution in [2.75, 3.05) is 0 Å². The molecule has 0 heterocycles. The van der Waals surface area contributed by atoms with E-state index in [4.69, 9.17) is 0 Å². The van der Waals surface area contributed by atoms with Crippen LogP contribution < -0.4 is 0 Å². The second-order valence-electron chi connectivity index (χ2n) is 5.39. The molecule has 0 aliphatic heterocycles. The molecule has 0 amide bonds. The van der Waals surface area contributed by atoms with Crippen LogP contribution in [0.4, 0.5) is 0 Å². The molecule has 0 heteroatoms. The fraction of sp³-hybridized carbons (Fsp3) is 0.167. The summed E-state index contributed by atoms with van der Waals surface area (Å²) >= 11 is 0. The molecule has 3 rings (SSSR count). The van der Waals surface area contributed by atoms with Gasteiger partial charge >= 0.3 is 0 Å². The molecule has 0 aromatic heterocycles. The van der Waals surface area contributed by atoms with E-state index in [1.165, 1.54) is 32.7 Å². The zero-order valence-corrected chi connectivity index (χ0v) is 14.9. The van der Waals surface area contributed by atoms with Crippen LogP contribution in [0.1, 0.15) is 32.8 Å². The zero-order chi connectivity index (χ0) is 17.4. The average Bonchev–Trinajstić information content (AvgIpc) is 2.66. The van der Waals surface area contributed by atoms with Crippen molar-refractivity contribution in [2.45, 2.75) is 27.2 Å². The smallest absolute Gasteiger partial charge is 0.0105 e. The van der Waals surface area contributed by atoms with Crippen LogP contribution in [0.5, 0.6) is 0 Å². The third-order valence-electron chi connectivity index (χ3n) is 3.91. The van der Waals surface area contributed by atoms with Gasteiger partial charge in [0.1, 0.15) is 0 Å². The van der Waals surface area contributed by atoms with E-state index in [1.54, 1.807) is 0 Å². The Hall–Kier alpha value is -2.60. The molecular weight excluding hydrogens is 288 g/mol. The SMILES string of the molecule is C=C/C=C(\C=C/CC)c1ccc2c(ccc3ccccc32)c1.CC. The molecular formula is C24H26. The van der Waals surface area contributed by atoms with Gasteiger partial charge in [-0.25, -0.2) is 0 Å². The Bertz CT molecular complexity index is 879. The topological polar surface area (TPSA) is 0 Å². The van der Waals surface area contributed by atoms with E-state index >= 15 is 0 Å². The van der Waals surface area contributed by atoms with Crippen molar-refractivity contribution >= 4 is 27.1 Å². The van der Waals surface area contributed by atoms with E-state index in [-0.39, 0.29) is 0 Å². The monoisotopic (exact) mass is 314 g/mol. The van der Waals surface area contributed by atoms with E-state index in [0.717, 1.165) is 6.42 Å².